The molecule has 0 aliphatic rings. The highest BCUT2D eigenvalue weighted by atomic mass is 16.1. The van der Waals surface area contributed by atoms with E-state index in [1.807, 2.05) is 52.0 Å². The maximum Gasteiger partial charge on any atom is 0.278 e. The lowest BCUT2D eigenvalue weighted by Gasteiger charge is -2.16. The maximum atomic E-state index is 13.3. The topological polar surface area (TPSA) is 55.4 Å². The number of pyridine rings is 1. The standard InChI is InChI=1S/C20H27N5O/c1-8-24-19(16-11-21-17(23(6)7)9-13(16)4)22-25-14(5)10-15(12(2)3)18(25)20(24)26/h9-12H,8H2,1-7H3. The van der Waals surface area contributed by atoms with Gasteiger partial charge in [0.05, 0.1) is 0 Å². The Balaban J connectivity index is 2.34. The fraction of sp³-hybridized carbons (Fsp3) is 0.450. The van der Waals surface area contributed by atoms with Gasteiger partial charge < -0.3 is 4.90 Å². The molecule has 3 rings (SSSR count). The first kappa shape index (κ1) is 18.2. The first-order valence-electron chi connectivity index (χ1n) is 9.03. The van der Waals surface area contributed by atoms with Gasteiger partial charge in [-0.25, -0.2) is 9.50 Å². The van der Waals surface area contributed by atoms with Crippen molar-refractivity contribution >= 4 is 11.3 Å². The van der Waals surface area contributed by atoms with E-state index in [2.05, 4.69) is 24.9 Å². The molecule has 0 bridgehead atoms. The third-order valence-corrected chi connectivity index (χ3v) is 4.82. The van der Waals surface area contributed by atoms with E-state index in [9.17, 15) is 4.79 Å². The summed E-state index contributed by atoms with van der Waals surface area (Å²) in [6, 6.07) is 4.09. The van der Waals surface area contributed by atoms with E-state index in [0.29, 0.717) is 17.9 Å². The number of aryl methyl sites for hydroxylation is 2. The molecule has 3 aromatic heterocycles. The second kappa shape index (κ2) is 6.59. The van der Waals surface area contributed by atoms with Crippen LogP contribution < -0.4 is 10.5 Å². The van der Waals surface area contributed by atoms with E-state index < -0.39 is 0 Å². The molecule has 0 aromatic carbocycles. The zero-order chi connectivity index (χ0) is 19.2. The fourth-order valence-corrected chi connectivity index (χ4v) is 3.32. The van der Waals surface area contributed by atoms with Gasteiger partial charge in [0.25, 0.3) is 5.56 Å². The van der Waals surface area contributed by atoms with Crippen LogP contribution in [0.4, 0.5) is 5.82 Å². The van der Waals surface area contributed by atoms with Crippen LogP contribution in [0.3, 0.4) is 0 Å². The molecule has 0 aliphatic heterocycles. The van der Waals surface area contributed by atoms with Crippen molar-refractivity contribution in [2.75, 3.05) is 19.0 Å². The third kappa shape index (κ3) is 2.79. The number of hydrogen-bond donors (Lipinski definition) is 0. The van der Waals surface area contributed by atoms with Crippen molar-refractivity contribution in [1.29, 1.82) is 0 Å². The summed E-state index contributed by atoms with van der Waals surface area (Å²) in [4.78, 5) is 19.7. The zero-order valence-corrected chi connectivity index (χ0v) is 16.7. The number of aromatic nitrogens is 4. The van der Waals surface area contributed by atoms with Gasteiger partial charge in [-0.2, -0.15) is 0 Å². The molecule has 3 aromatic rings. The van der Waals surface area contributed by atoms with Gasteiger partial charge in [-0.1, -0.05) is 13.8 Å². The molecule has 6 heteroatoms. The van der Waals surface area contributed by atoms with E-state index in [1.165, 1.54) is 0 Å². The van der Waals surface area contributed by atoms with Crippen molar-refractivity contribution in [3.05, 3.63) is 45.5 Å². The molecule has 0 amide bonds. The second-order valence-electron chi connectivity index (χ2n) is 7.28. The minimum Gasteiger partial charge on any atom is -0.363 e. The van der Waals surface area contributed by atoms with Crippen LogP contribution in [0.2, 0.25) is 0 Å². The Kier molecular flexibility index (Phi) is 4.61. The van der Waals surface area contributed by atoms with Crippen LogP contribution in [0, 0.1) is 13.8 Å². The normalized spacial score (nSPS) is 11.5. The molecule has 0 spiro atoms. The van der Waals surface area contributed by atoms with Gasteiger partial charge in [-0.05, 0) is 49.9 Å². The fourth-order valence-electron chi connectivity index (χ4n) is 3.32. The zero-order valence-electron chi connectivity index (χ0n) is 16.7. The van der Waals surface area contributed by atoms with Crippen LogP contribution in [0.1, 0.15) is 43.5 Å². The molecule has 0 fully saturated rings. The molecular weight excluding hydrogens is 326 g/mol. The van der Waals surface area contributed by atoms with Gasteiger partial charge in [-0.15, -0.1) is 5.10 Å². The summed E-state index contributed by atoms with van der Waals surface area (Å²) in [5.41, 5.74) is 4.64. The van der Waals surface area contributed by atoms with Gasteiger partial charge in [0.2, 0.25) is 0 Å². The monoisotopic (exact) mass is 353 g/mol. The van der Waals surface area contributed by atoms with Gasteiger partial charge in [0.15, 0.2) is 5.82 Å². The number of anilines is 1. The van der Waals surface area contributed by atoms with Gasteiger partial charge in [0.1, 0.15) is 11.3 Å². The molecule has 0 atom stereocenters. The summed E-state index contributed by atoms with van der Waals surface area (Å²) < 4.78 is 3.54. The first-order chi connectivity index (χ1) is 12.3. The van der Waals surface area contributed by atoms with E-state index >= 15 is 0 Å². The quantitative estimate of drug-likeness (QED) is 0.721. The Morgan fingerprint density at radius 1 is 1.19 bits per heavy atom. The molecule has 138 valence electrons. The molecule has 0 radical (unpaired) electrons. The molecule has 0 N–H and O–H groups in total. The Labute approximate surface area is 154 Å². The predicted molar refractivity (Wildman–Crippen MR) is 106 cm³/mol. The summed E-state index contributed by atoms with van der Waals surface area (Å²) >= 11 is 0. The number of fused-ring (bicyclic) bond motifs is 1. The van der Waals surface area contributed by atoms with Crippen molar-refractivity contribution < 1.29 is 0 Å². The average molecular weight is 353 g/mol. The highest BCUT2D eigenvalue weighted by Gasteiger charge is 2.20. The number of hydrogen-bond acceptors (Lipinski definition) is 4. The summed E-state index contributed by atoms with van der Waals surface area (Å²) in [7, 11) is 3.93. The number of rotatable bonds is 4. The van der Waals surface area contributed by atoms with E-state index in [-0.39, 0.29) is 11.5 Å². The molecule has 3 heterocycles. The summed E-state index contributed by atoms with van der Waals surface area (Å²) in [6.07, 6.45) is 1.81. The molecular formula is C20H27N5O. The van der Waals surface area contributed by atoms with Crippen molar-refractivity contribution in [2.24, 2.45) is 0 Å². The van der Waals surface area contributed by atoms with Gasteiger partial charge >= 0.3 is 0 Å². The van der Waals surface area contributed by atoms with E-state index in [0.717, 1.165) is 28.2 Å². The summed E-state index contributed by atoms with van der Waals surface area (Å²) in [6.45, 7) is 10.8. The molecule has 26 heavy (non-hydrogen) atoms. The lowest BCUT2D eigenvalue weighted by molar-refractivity contribution is 0.685. The molecule has 0 saturated carbocycles. The smallest absolute Gasteiger partial charge is 0.278 e. The largest absolute Gasteiger partial charge is 0.363 e. The lowest BCUT2D eigenvalue weighted by Crippen LogP contribution is -2.26. The average Bonchev–Trinajstić information content (AvgIpc) is 2.92. The van der Waals surface area contributed by atoms with Crippen LogP contribution in [0.15, 0.2) is 23.1 Å². The van der Waals surface area contributed by atoms with Crippen molar-refractivity contribution in [1.82, 2.24) is 19.2 Å². The summed E-state index contributed by atoms with van der Waals surface area (Å²) in [5, 5.41) is 4.84. The molecule has 0 unspecified atom stereocenters. The van der Waals surface area contributed by atoms with Crippen LogP contribution in [0.25, 0.3) is 16.9 Å². The number of nitrogens with zero attached hydrogens (tertiary/aromatic N) is 5. The minimum absolute atomic E-state index is 0.00499. The predicted octanol–water partition coefficient (Wildman–Crippen LogP) is 3.38. The molecule has 0 saturated heterocycles. The van der Waals surface area contributed by atoms with E-state index in [4.69, 9.17) is 5.10 Å². The Hall–Kier alpha value is -2.63. The lowest BCUT2D eigenvalue weighted by atomic mass is 10.1. The van der Waals surface area contributed by atoms with Crippen molar-refractivity contribution in [2.45, 2.75) is 47.1 Å². The SMILES string of the molecule is CCn1c(-c2cnc(N(C)C)cc2C)nn2c(C)cc(C(C)C)c2c1=O. The van der Waals surface area contributed by atoms with Crippen LogP contribution >= 0.6 is 0 Å². The second-order valence-corrected chi connectivity index (χ2v) is 7.28. The van der Waals surface area contributed by atoms with Crippen molar-refractivity contribution in [3.63, 3.8) is 0 Å². The van der Waals surface area contributed by atoms with E-state index in [1.54, 1.807) is 9.08 Å². The molecule has 0 aliphatic carbocycles. The van der Waals surface area contributed by atoms with Crippen LogP contribution in [0.5, 0.6) is 0 Å². The highest BCUT2D eigenvalue weighted by molar-refractivity contribution is 5.64. The highest BCUT2D eigenvalue weighted by Crippen LogP contribution is 2.26. The minimum atomic E-state index is 0.00499. The van der Waals surface area contributed by atoms with Crippen LogP contribution in [-0.4, -0.2) is 33.3 Å². The third-order valence-electron chi connectivity index (χ3n) is 4.82. The Morgan fingerprint density at radius 2 is 1.88 bits per heavy atom. The Bertz CT molecular complexity index is 1030. The molecule has 6 nitrogen and oxygen atoms in total. The van der Waals surface area contributed by atoms with Gasteiger partial charge in [-0.3, -0.25) is 9.36 Å². The van der Waals surface area contributed by atoms with Crippen LogP contribution in [-0.2, 0) is 6.54 Å². The maximum absolute atomic E-state index is 13.3. The Morgan fingerprint density at radius 3 is 2.42 bits per heavy atom. The van der Waals surface area contributed by atoms with Gasteiger partial charge in [0, 0.05) is 38.1 Å². The summed E-state index contributed by atoms with van der Waals surface area (Å²) in [5.74, 6) is 1.82. The van der Waals surface area contributed by atoms with Crippen molar-refractivity contribution in [3.8, 4) is 11.4 Å². The first-order valence-corrected chi connectivity index (χ1v) is 9.03.